The zero-order chi connectivity index (χ0) is 21.8. The third-order valence-electron chi connectivity index (χ3n) is 4.87. The van der Waals surface area contributed by atoms with E-state index >= 15 is 0 Å². The summed E-state index contributed by atoms with van der Waals surface area (Å²) in [6.07, 6.45) is -0.429. The topological polar surface area (TPSA) is 59.1 Å². The van der Waals surface area contributed by atoms with E-state index in [1.165, 1.54) is 18.2 Å². The van der Waals surface area contributed by atoms with E-state index < -0.39 is 6.36 Å². The average Bonchev–Trinajstić information content (AvgIpc) is 3.20. The molecule has 1 aliphatic rings. The van der Waals surface area contributed by atoms with E-state index in [1.807, 2.05) is 12.1 Å². The molecule has 1 aliphatic carbocycles. The van der Waals surface area contributed by atoms with Gasteiger partial charge in [0, 0.05) is 28.4 Å². The van der Waals surface area contributed by atoms with Crippen molar-refractivity contribution in [3.05, 3.63) is 59.6 Å². The van der Waals surface area contributed by atoms with Gasteiger partial charge in [0.25, 0.3) is 0 Å². The Bertz CT molecular complexity index is 1050. The molecule has 3 aromatic rings. The van der Waals surface area contributed by atoms with Gasteiger partial charge in [0.15, 0.2) is 0 Å². The second-order valence-electron chi connectivity index (χ2n) is 7.30. The maximum Gasteiger partial charge on any atom is 0.573 e. The highest BCUT2D eigenvalue weighted by Crippen LogP contribution is 2.30. The van der Waals surface area contributed by atoms with Crippen LogP contribution >= 0.6 is 11.6 Å². The lowest BCUT2D eigenvalue weighted by Crippen LogP contribution is -2.17. The fraction of sp³-hybridized carbons (Fsp3) is 0.273. The number of anilines is 3. The van der Waals surface area contributed by atoms with Gasteiger partial charge in [0.1, 0.15) is 11.6 Å². The number of aromatic nitrogens is 2. The van der Waals surface area contributed by atoms with Crippen molar-refractivity contribution in [2.75, 3.05) is 10.6 Å². The zero-order valence-electron chi connectivity index (χ0n) is 16.4. The Balaban J connectivity index is 1.68. The highest BCUT2D eigenvalue weighted by Gasteiger charge is 2.31. The lowest BCUT2D eigenvalue weighted by atomic mass is 10.1. The molecule has 0 saturated heterocycles. The van der Waals surface area contributed by atoms with Crippen molar-refractivity contribution in [1.29, 1.82) is 0 Å². The van der Waals surface area contributed by atoms with Gasteiger partial charge in [-0.15, -0.1) is 13.2 Å². The summed E-state index contributed by atoms with van der Waals surface area (Å²) < 4.78 is 41.9. The Morgan fingerprint density at radius 1 is 0.968 bits per heavy atom. The van der Waals surface area contributed by atoms with Crippen LogP contribution in [0.1, 0.15) is 25.7 Å². The third-order valence-corrected chi connectivity index (χ3v) is 5.11. The van der Waals surface area contributed by atoms with Crippen LogP contribution in [0.3, 0.4) is 0 Å². The Morgan fingerprint density at radius 3 is 2.48 bits per heavy atom. The standard InChI is InChI=1S/C22H20ClF3N4O/c23-15-6-4-9-17(12-15)27-20-13-19(29-21(30-20)28-16-7-1-2-8-16)14-5-3-10-18(11-14)31-22(24,25)26/h3-6,9-13,16H,1-2,7-8H2,(H2,27,28,29,30). The minimum absolute atomic E-state index is 0.272. The van der Waals surface area contributed by atoms with E-state index in [4.69, 9.17) is 11.6 Å². The number of hydrogen-bond acceptors (Lipinski definition) is 5. The van der Waals surface area contributed by atoms with E-state index in [1.54, 1.807) is 24.3 Å². The Morgan fingerprint density at radius 2 is 1.74 bits per heavy atom. The van der Waals surface area contributed by atoms with Crippen molar-refractivity contribution in [2.24, 2.45) is 0 Å². The molecule has 0 radical (unpaired) electrons. The van der Waals surface area contributed by atoms with Crippen LogP contribution in [0.25, 0.3) is 11.3 Å². The molecule has 0 aliphatic heterocycles. The molecule has 31 heavy (non-hydrogen) atoms. The maximum absolute atomic E-state index is 12.6. The van der Waals surface area contributed by atoms with Crippen LogP contribution in [-0.2, 0) is 0 Å². The molecule has 1 fully saturated rings. The van der Waals surface area contributed by atoms with Crippen LogP contribution in [0.4, 0.5) is 30.6 Å². The van der Waals surface area contributed by atoms with Gasteiger partial charge in [-0.2, -0.15) is 4.98 Å². The molecule has 1 saturated carbocycles. The molecular weight excluding hydrogens is 429 g/mol. The normalized spacial score (nSPS) is 14.5. The van der Waals surface area contributed by atoms with Gasteiger partial charge in [-0.3, -0.25) is 0 Å². The van der Waals surface area contributed by atoms with Gasteiger partial charge in [0.05, 0.1) is 5.69 Å². The van der Waals surface area contributed by atoms with E-state index in [0.717, 1.165) is 31.4 Å². The minimum Gasteiger partial charge on any atom is -0.406 e. The van der Waals surface area contributed by atoms with Crippen molar-refractivity contribution in [3.63, 3.8) is 0 Å². The summed E-state index contributed by atoms with van der Waals surface area (Å²) in [5.41, 5.74) is 1.68. The molecule has 162 valence electrons. The van der Waals surface area contributed by atoms with Crippen molar-refractivity contribution >= 4 is 29.1 Å². The predicted molar refractivity (Wildman–Crippen MR) is 115 cm³/mol. The van der Waals surface area contributed by atoms with E-state index in [-0.39, 0.29) is 11.8 Å². The summed E-state index contributed by atoms with van der Waals surface area (Å²) >= 11 is 6.06. The molecule has 9 heteroatoms. The molecular formula is C22H20ClF3N4O. The fourth-order valence-electron chi connectivity index (χ4n) is 3.54. The predicted octanol–water partition coefficient (Wildman–Crippen LogP) is 6.79. The Labute approximate surface area is 182 Å². The van der Waals surface area contributed by atoms with Gasteiger partial charge in [-0.05, 0) is 43.2 Å². The van der Waals surface area contributed by atoms with Gasteiger partial charge in [-0.1, -0.05) is 42.6 Å². The first-order chi connectivity index (χ1) is 14.8. The molecule has 0 amide bonds. The monoisotopic (exact) mass is 448 g/mol. The van der Waals surface area contributed by atoms with Crippen LogP contribution in [-0.4, -0.2) is 22.4 Å². The molecule has 0 unspecified atom stereocenters. The molecule has 0 bridgehead atoms. The highest BCUT2D eigenvalue weighted by atomic mass is 35.5. The molecule has 0 atom stereocenters. The number of ether oxygens (including phenoxy) is 1. The lowest BCUT2D eigenvalue weighted by molar-refractivity contribution is -0.274. The van der Waals surface area contributed by atoms with Crippen molar-refractivity contribution in [3.8, 4) is 17.0 Å². The van der Waals surface area contributed by atoms with Crippen LogP contribution in [0.2, 0.25) is 5.02 Å². The largest absolute Gasteiger partial charge is 0.573 e. The van der Waals surface area contributed by atoms with E-state index in [2.05, 4.69) is 25.3 Å². The highest BCUT2D eigenvalue weighted by molar-refractivity contribution is 6.30. The van der Waals surface area contributed by atoms with Gasteiger partial charge >= 0.3 is 6.36 Å². The summed E-state index contributed by atoms with van der Waals surface area (Å²) in [4.78, 5) is 9.08. The smallest absolute Gasteiger partial charge is 0.406 e. The SMILES string of the molecule is FC(F)(F)Oc1cccc(-c2cc(Nc3cccc(Cl)c3)nc(NC3CCCC3)n2)c1. The average molecular weight is 449 g/mol. The number of rotatable bonds is 6. The van der Waals surface area contributed by atoms with Crippen LogP contribution in [0, 0.1) is 0 Å². The third kappa shape index (κ3) is 6.01. The quantitative estimate of drug-likeness (QED) is 0.434. The van der Waals surface area contributed by atoms with E-state index in [9.17, 15) is 13.2 Å². The number of alkyl halides is 3. The van der Waals surface area contributed by atoms with Crippen LogP contribution in [0.5, 0.6) is 5.75 Å². The second-order valence-corrected chi connectivity index (χ2v) is 7.74. The van der Waals surface area contributed by atoms with Crippen molar-refractivity contribution < 1.29 is 17.9 Å². The first-order valence-electron chi connectivity index (χ1n) is 9.88. The molecule has 1 heterocycles. The molecule has 1 aromatic heterocycles. The second kappa shape index (κ2) is 9.01. The number of halogens is 4. The number of nitrogens with one attached hydrogen (secondary N) is 2. The summed E-state index contributed by atoms with van der Waals surface area (Å²) in [6.45, 7) is 0. The molecule has 2 aromatic carbocycles. The van der Waals surface area contributed by atoms with Crippen LogP contribution in [0.15, 0.2) is 54.6 Å². The van der Waals surface area contributed by atoms with E-state index in [0.29, 0.717) is 28.0 Å². The molecule has 5 nitrogen and oxygen atoms in total. The Kier molecular flexibility index (Phi) is 6.18. The summed E-state index contributed by atoms with van der Waals surface area (Å²) in [5.74, 6) is 0.601. The molecule has 0 spiro atoms. The Hall–Kier alpha value is -3.00. The van der Waals surface area contributed by atoms with Crippen molar-refractivity contribution in [2.45, 2.75) is 38.1 Å². The number of benzene rings is 2. The zero-order valence-corrected chi connectivity index (χ0v) is 17.2. The molecule has 4 rings (SSSR count). The first kappa shape index (κ1) is 21.2. The van der Waals surface area contributed by atoms with Crippen LogP contribution < -0.4 is 15.4 Å². The van der Waals surface area contributed by atoms with Gasteiger partial charge in [-0.25, -0.2) is 4.98 Å². The summed E-state index contributed by atoms with van der Waals surface area (Å²) in [6, 6.07) is 14.8. The van der Waals surface area contributed by atoms with Gasteiger partial charge < -0.3 is 15.4 Å². The van der Waals surface area contributed by atoms with Crippen molar-refractivity contribution in [1.82, 2.24) is 9.97 Å². The first-order valence-corrected chi connectivity index (χ1v) is 10.3. The number of nitrogens with zero attached hydrogens (tertiary/aromatic N) is 2. The molecule has 2 N–H and O–H groups in total. The van der Waals surface area contributed by atoms with Gasteiger partial charge in [0.2, 0.25) is 5.95 Å². The maximum atomic E-state index is 12.6. The minimum atomic E-state index is -4.77. The fourth-order valence-corrected chi connectivity index (χ4v) is 3.73. The number of hydrogen-bond donors (Lipinski definition) is 2. The summed E-state index contributed by atoms with van der Waals surface area (Å²) in [5, 5.41) is 7.10. The lowest BCUT2D eigenvalue weighted by Gasteiger charge is -2.15. The summed E-state index contributed by atoms with van der Waals surface area (Å²) in [7, 11) is 0.